The first-order chi connectivity index (χ1) is 8.84. The highest BCUT2D eigenvalue weighted by atomic mass is 19.4. The maximum absolute atomic E-state index is 12.4. The largest absolute Gasteiger partial charge is 0.478 e. The number of aliphatic carboxylic acids is 1. The molecule has 0 spiro atoms. The fraction of sp³-hybridized carbons (Fsp3) is 0.333. The summed E-state index contributed by atoms with van der Waals surface area (Å²) >= 11 is 0. The number of carboxylic acid groups (broad SMARTS) is 1. The lowest BCUT2D eigenvalue weighted by atomic mass is 10.1. The Balaban J connectivity index is 2.75. The lowest BCUT2D eigenvalue weighted by Gasteiger charge is -2.07. The Morgan fingerprint density at radius 1 is 1.53 bits per heavy atom. The van der Waals surface area contributed by atoms with Crippen LogP contribution in [0.5, 0.6) is 0 Å². The SMILES string of the molecule is CCC(ON=Cc1cccc(C(F)(F)F)c1)C(=O)O. The topological polar surface area (TPSA) is 58.9 Å². The van der Waals surface area contributed by atoms with Gasteiger partial charge in [0.1, 0.15) is 0 Å². The number of rotatable bonds is 5. The summed E-state index contributed by atoms with van der Waals surface area (Å²) in [5, 5.41) is 12.1. The van der Waals surface area contributed by atoms with Crippen LogP contribution in [0.3, 0.4) is 0 Å². The van der Waals surface area contributed by atoms with E-state index < -0.39 is 23.8 Å². The maximum Gasteiger partial charge on any atom is 0.416 e. The van der Waals surface area contributed by atoms with Crippen molar-refractivity contribution in [2.75, 3.05) is 0 Å². The fourth-order valence-corrected chi connectivity index (χ4v) is 1.25. The number of carboxylic acids is 1. The van der Waals surface area contributed by atoms with Crippen molar-refractivity contribution in [1.82, 2.24) is 0 Å². The molecule has 104 valence electrons. The third-order valence-corrected chi connectivity index (χ3v) is 2.25. The van der Waals surface area contributed by atoms with Crippen LogP contribution >= 0.6 is 0 Å². The lowest BCUT2D eigenvalue weighted by molar-refractivity contribution is -0.150. The van der Waals surface area contributed by atoms with Crippen molar-refractivity contribution >= 4 is 12.2 Å². The van der Waals surface area contributed by atoms with Gasteiger partial charge in [-0.1, -0.05) is 24.2 Å². The van der Waals surface area contributed by atoms with E-state index in [-0.39, 0.29) is 12.0 Å². The molecule has 1 atom stereocenters. The molecule has 0 bridgehead atoms. The second-order valence-electron chi connectivity index (χ2n) is 3.70. The van der Waals surface area contributed by atoms with E-state index in [1.807, 2.05) is 0 Å². The monoisotopic (exact) mass is 275 g/mol. The number of alkyl halides is 3. The first-order valence-electron chi connectivity index (χ1n) is 5.44. The Bertz CT molecular complexity index is 472. The van der Waals surface area contributed by atoms with E-state index in [4.69, 9.17) is 5.11 Å². The molecule has 0 aliphatic heterocycles. The van der Waals surface area contributed by atoms with Gasteiger partial charge < -0.3 is 9.94 Å². The van der Waals surface area contributed by atoms with Crippen molar-refractivity contribution in [3.63, 3.8) is 0 Å². The average Bonchev–Trinajstić information content (AvgIpc) is 2.33. The minimum atomic E-state index is -4.43. The molecule has 0 amide bonds. The van der Waals surface area contributed by atoms with Crippen LogP contribution < -0.4 is 0 Å². The Kier molecular flexibility index (Phi) is 4.91. The van der Waals surface area contributed by atoms with E-state index in [0.29, 0.717) is 0 Å². The highest BCUT2D eigenvalue weighted by molar-refractivity contribution is 5.79. The molecule has 1 aromatic carbocycles. The van der Waals surface area contributed by atoms with E-state index in [1.54, 1.807) is 6.92 Å². The molecule has 7 heteroatoms. The van der Waals surface area contributed by atoms with Gasteiger partial charge in [0.15, 0.2) is 0 Å². The summed E-state index contributed by atoms with van der Waals surface area (Å²) in [5.41, 5.74) is -0.628. The van der Waals surface area contributed by atoms with Crippen LogP contribution in [0, 0.1) is 0 Å². The van der Waals surface area contributed by atoms with Crippen molar-refractivity contribution in [3.8, 4) is 0 Å². The van der Waals surface area contributed by atoms with Gasteiger partial charge in [-0.15, -0.1) is 0 Å². The smallest absolute Gasteiger partial charge is 0.416 e. The number of oxime groups is 1. The minimum Gasteiger partial charge on any atom is -0.478 e. The van der Waals surface area contributed by atoms with Crippen LogP contribution in [0.15, 0.2) is 29.4 Å². The predicted octanol–water partition coefficient (Wildman–Crippen LogP) is 2.92. The molecule has 0 saturated carbocycles. The molecule has 1 aromatic rings. The van der Waals surface area contributed by atoms with Crippen molar-refractivity contribution in [3.05, 3.63) is 35.4 Å². The molecule has 19 heavy (non-hydrogen) atoms. The van der Waals surface area contributed by atoms with Gasteiger partial charge in [-0.3, -0.25) is 0 Å². The van der Waals surface area contributed by atoms with E-state index in [1.165, 1.54) is 12.1 Å². The zero-order valence-electron chi connectivity index (χ0n) is 10.0. The molecule has 1 N–H and O–H groups in total. The highest BCUT2D eigenvalue weighted by Crippen LogP contribution is 2.29. The summed E-state index contributed by atoms with van der Waals surface area (Å²) in [6.07, 6.45) is -4.30. The van der Waals surface area contributed by atoms with Crippen molar-refractivity contribution in [1.29, 1.82) is 0 Å². The number of benzene rings is 1. The molecule has 0 fully saturated rings. The third-order valence-electron chi connectivity index (χ3n) is 2.25. The molecular weight excluding hydrogens is 263 g/mol. The number of halogens is 3. The Hall–Kier alpha value is -2.05. The van der Waals surface area contributed by atoms with Crippen LogP contribution in [0.2, 0.25) is 0 Å². The molecule has 1 rings (SSSR count). The molecular formula is C12H12F3NO3. The maximum atomic E-state index is 12.4. The van der Waals surface area contributed by atoms with Crippen LogP contribution in [0.25, 0.3) is 0 Å². The molecule has 0 saturated heterocycles. The van der Waals surface area contributed by atoms with Crippen LogP contribution in [-0.2, 0) is 15.8 Å². The van der Waals surface area contributed by atoms with Gasteiger partial charge in [0.05, 0.1) is 11.8 Å². The summed E-state index contributed by atoms with van der Waals surface area (Å²) in [4.78, 5) is 15.3. The fourth-order valence-electron chi connectivity index (χ4n) is 1.25. The van der Waals surface area contributed by atoms with Gasteiger partial charge in [-0.25, -0.2) is 4.79 Å². The normalized spacial score (nSPS) is 13.5. The van der Waals surface area contributed by atoms with Crippen molar-refractivity contribution in [2.45, 2.75) is 25.6 Å². The van der Waals surface area contributed by atoms with Crippen molar-refractivity contribution in [2.24, 2.45) is 5.16 Å². The van der Waals surface area contributed by atoms with E-state index in [9.17, 15) is 18.0 Å². The summed E-state index contributed by atoms with van der Waals surface area (Å²) in [5.74, 6) is -1.18. The second-order valence-corrected chi connectivity index (χ2v) is 3.70. The van der Waals surface area contributed by atoms with Gasteiger partial charge in [-0.05, 0) is 24.1 Å². The third kappa shape index (κ3) is 4.61. The standard InChI is InChI=1S/C12H12F3NO3/c1-2-10(11(17)18)19-16-7-8-4-3-5-9(6-8)12(13,14)15/h3-7,10H,2H2,1H3,(H,17,18). The van der Waals surface area contributed by atoms with Crippen LogP contribution in [-0.4, -0.2) is 23.4 Å². The predicted molar refractivity (Wildman–Crippen MR) is 61.8 cm³/mol. The van der Waals surface area contributed by atoms with Crippen LogP contribution in [0.1, 0.15) is 24.5 Å². The Morgan fingerprint density at radius 2 is 2.21 bits per heavy atom. The molecule has 0 heterocycles. The van der Waals surface area contributed by atoms with Gasteiger partial charge in [0, 0.05) is 0 Å². The number of hydrogen-bond donors (Lipinski definition) is 1. The Morgan fingerprint density at radius 3 is 2.74 bits per heavy atom. The molecule has 4 nitrogen and oxygen atoms in total. The number of nitrogens with zero attached hydrogens (tertiary/aromatic N) is 1. The van der Waals surface area contributed by atoms with E-state index >= 15 is 0 Å². The molecule has 0 aliphatic rings. The first kappa shape index (κ1) is 15.0. The summed E-state index contributed by atoms with van der Waals surface area (Å²) in [7, 11) is 0. The average molecular weight is 275 g/mol. The van der Waals surface area contributed by atoms with Gasteiger partial charge >= 0.3 is 12.1 Å². The first-order valence-corrected chi connectivity index (χ1v) is 5.44. The zero-order chi connectivity index (χ0) is 14.5. The number of carbonyl (C=O) groups is 1. The molecule has 0 aromatic heterocycles. The summed E-state index contributed by atoms with van der Waals surface area (Å²) < 4.78 is 37.3. The molecule has 0 aliphatic carbocycles. The van der Waals surface area contributed by atoms with E-state index in [2.05, 4.69) is 9.99 Å². The van der Waals surface area contributed by atoms with Gasteiger partial charge in [0.25, 0.3) is 0 Å². The zero-order valence-corrected chi connectivity index (χ0v) is 10.0. The summed E-state index contributed by atoms with van der Waals surface area (Å²) in [6, 6.07) is 4.47. The van der Waals surface area contributed by atoms with E-state index in [0.717, 1.165) is 18.3 Å². The second kappa shape index (κ2) is 6.21. The molecule has 0 radical (unpaired) electrons. The minimum absolute atomic E-state index is 0.176. The van der Waals surface area contributed by atoms with Gasteiger partial charge in [0.2, 0.25) is 6.10 Å². The number of hydrogen-bond acceptors (Lipinski definition) is 3. The van der Waals surface area contributed by atoms with Gasteiger partial charge in [-0.2, -0.15) is 13.2 Å². The van der Waals surface area contributed by atoms with Crippen LogP contribution in [0.4, 0.5) is 13.2 Å². The van der Waals surface area contributed by atoms with Crippen molar-refractivity contribution < 1.29 is 27.9 Å². The summed E-state index contributed by atoms with van der Waals surface area (Å²) in [6.45, 7) is 1.60. The molecule has 1 unspecified atom stereocenters. The highest BCUT2D eigenvalue weighted by Gasteiger charge is 2.30. The Labute approximate surface area is 107 Å². The quantitative estimate of drug-likeness (QED) is 0.664. The lowest BCUT2D eigenvalue weighted by Crippen LogP contribution is -2.20.